The molecule has 0 unspecified atom stereocenters. The van der Waals surface area contributed by atoms with Gasteiger partial charge >= 0.3 is 0 Å². The van der Waals surface area contributed by atoms with Gasteiger partial charge in [0, 0.05) is 11.0 Å². The fourth-order valence-electron chi connectivity index (χ4n) is 3.02. The molecule has 3 aromatic rings. The number of nitrogens with one attached hydrogen (secondary N) is 1. The van der Waals surface area contributed by atoms with Gasteiger partial charge in [0.1, 0.15) is 0 Å². The number of phenolic OH excluding ortho intramolecular Hbond substituents is 1. The van der Waals surface area contributed by atoms with E-state index in [2.05, 4.69) is 26.5 Å². The van der Waals surface area contributed by atoms with Gasteiger partial charge in [-0.15, -0.1) is 0 Å². The van der Waals surface area contributed by atoms with E-state index < -0.39 is 22.5 Å². The van der Waals surface area contributed by atoms with Crippen LogP contribution in [-0.4, -0.2) is 43.1 Å². The predicted octanol–water partition coefficient (Wildman–Crippen LogP) is 3.89. The molecule has 0 spiro atoms. The zero-order valence-corrected chi connectivity index (χ0v) is 20.8. The van der Waals surface area contributed by atoms with Crippen molar-refractivity contribution in [1.82, 2.24) is 9.73 Å². The Morgan fingerprint density at radius 2 is 1.82 bits per heavy atom. The molecule has 0 atom stereocenters. The Kier molecular flexibility index (Phi) is 8.80. The van der Waals surface area contributed by atoms with Crippen molar-refractivity contribution in [1.29, 1.82) is 0 Å². The maximum absolute atomic E-state index is 13.2. The molecule has 0 fully saturated rings. The van der Waals surface area contributed by atoms with E-state index in [1.807, 2.05) is 0 Å². The summed E-state index contributed by atoms with van der Waals surface area (Å²) in [4.78, 5) is 12.7. The van der Waals surface area contributed by atoms with Crippen LogP contribution >= 0.6 is 15.9 Å². The molecule has 3 rings (SSSR count). The second-order valence-electron chi connectivity index (χ2n) is 7.17. The molecule has 3 aromatic carbocycles. The largest absolute Gasteiger partial charge is 0.504 e. The van der Waals surface area contributed by atoms with Crippen molar-refractivity contribution in [2.45, 2.75) is 18.4 Å². The van der Waals surface area contributed by atoms with E-state index in [-0.39, 0.29) is 17.2 Å². The molecule has 0 aliphatic heterocycles. The summed E-state index contributed by atoms with van der Waals surface area (Å²) in [5.74, 6) is -0.304. The number of ether oxygens (including phenoxy) is 1. The third kappa shape index (κ3) is 6.89. The van der Waals surface area contributed by atoms with Crippen molar-refractivity contribution in [3.8, 4) is 11.5 Å². The van der Waals surface area contributed by atoms with Gasteiger partial charge in [0.15, 0.2) is 11.5 Å². The lowest BCUT2D eigenvalue weighted by Crippen LogP contribution is -2.39. The SMILES string of the molecule is CCOc1cc(/C=N\NC(=O)CN(Cc2ccc(Br)cc2)S(=O)(=O)c2ccccc2)ccc1O. The molecule has 0 heterocycles. The minimum absolute atomic E-state index is 0.00209. The summed E-state index contributed by atoms with van der Waals surface area (Å²) < 4.78 is 33.7. The summed E-state index contributed by atoms with van der Waals surface area (Å²) in [6, 6.07) is 19.8. The predicted molar refractivity (Wildman–Crippen MR) is 133 cm³/mol. The molecule has 0 aliphatic carbocycles. The van der Waals surface area contributed by atoms with Crippen LogP contribution in [0.5, 0.6) is 11.5 Å². The first-order chi connectivity index (χ1) is 16.3. The molecular weight excluding hydrogens is 522 g/mol. The lowest BCUT2D eigenvalue weighted by Gasteiger charge is -2.21. The van der Waals surface area contributed by atoms with Gasteiger partial charge in [-0.1, -0.05) is 46.3 Å². The molecule has 1 amide bonds. The number of sulfonamides is 1. The molecular formula is C24H24BrN3O5S. The number of carbonyl (C=O) groups excluding carboxylic acids is 1. The van der Waals surface area contributed by atoms with Gasteiger partial charge in [-0.2, -0.15) is 9.41 Å². The second kappa shape index (κ2) is 11.8. The molecule has 8 nitrogen and oxygen atoms in total. The lowest BCUT2D eigenvalue weighted by atomic mass is 10.2. The Morgan fingerprint density at radius 3 is 2.50 bits per heavy atom. The van der Waals surface area contributed by atoms with Crippen LogP contribution in [-0.2, 0) is 21.4 Å². The summed E-state index contributed by atoms with van der Waals surface area (Å²) in [7, 11) is -3.93. The van der Waals surface area contributed by atoms with Crippen molar-refractivity contribution in [3.05, 3.63) is 88.4 Å². The molecule has 0 saturated carbocycles. The number of phenols is 1. The summed E-state index contributed by atoms with van der Waals surface area (Å²) in [5.41, 5.74) is 3.68. The molecule has 0 aromatic heterocycles. The van der Waals surface area contributed by atoms with E-state index in [0.717, 1.165) is 14.3 Å². The first-order valence-corrected chi connectivity index (χ1v) is 12.6. The third-order valence-electron chi connectivity index (χ3n) is 4.66. The molecule has 2 N–H and O–H groups in total. The molecule has 0 aliphatic rings. The normalized spacial score (nSPS) is 11.6. The molecule has 178 valence electrons. The molecule has 10 heteroatoms. The van der Waals surface area contributed by atoms with Gasteiger partial charge in [-0.05, 0) is 60.5 Å². The van der Waals surface area contributed by atoms with E-state index in [0.29, 0.717) is 17.9 Å². The van der Waals surface area contributed by atoms with Crippen LogP contribution < -0.4 is 10.2 Å². The van der Waals surface area contributed by atoms with Gasteiger partial charge in [0.25, 0.3) is 5.91 Å². The van der Waals surface area contributed by atoms with Crippen LogP contribution in [0, 0.1) is 0 Å². The Hall–Kier alpha value is -3.21. The Bertz CT molecular complexity index is 1250. The first-order valence-electron chi connectivity index (χ1n) is 10.4. The van der Waals surface area contributed by atoms with Crippen molar-refractivity contribution in [3.63, 3.8) is 0 Å². The van der Waals surface area contributed by atoms with Gasteiger partial charge in [-0.3, -0.25) is 4.79 Å². The monoisotopic (exact) mass is 545 g/mol. The number of hydrogen-bond donors (Lipinski definition) is 2. The van der Waals surface area contributed by atoms with E-state index in [1.54, 1.807) is 61.5 Å². The van der Waals surface area contributed by atoms with E-state index in [9.17, 15) is 18.3 Å². The van der Waals surface area contributed by atoms with Gasteiger partial charge < -0.3 is 9.84 Å². The van der Waals surface area contributed by atoms with Crippen molar-refractivity contribution in [2.75, 3.05) is 13.2 Å². The molecule has 0 radical (unpaired) electrons. The van der Waals surface area contributed by atoms with Gasteiger partial charge in [-0.25, -0.2) is 13.8 Å². The number of hydrogen-bond acceptors (Lipinski definition) is 6. The Morgan fingerprint density at radius 1 is 1.12 bits per heavy atom. The average Bonchev–Trinajstić information content (AvgIpc) is 2.83. The van der Waals surface area contributed by atoms with Crippen molar-refractivity contribution < 1.29 is 23.1 Å². The van der Waals surface area contributed by atoms with E-state index in [4.69, 9.17) is 4.74 Å². The minimum Gasteiger partial charge on any atom is -0.504 e. The van der Waals surface area contributed by atoms with Crippen LogP contribution in [0.4, 0.5) is 0 Å². The highest BCUT2D eigenvalue weighted by atomic mass is 79.9. The first kappa shape index (κ1) is 25.4. The van der Waals surface area contributed by atoms with E-state index >= 15 is 0 Å². The fourth-order valence-corrected chi connectivity index (χ4v) is 4.69. The third-order valence-corrected chi connectivity index (χ3v) is 6.99. The second-order valence-corrected chi connectivity index (χ2v) is 10.0. The van der Waals surface area contributed by atoms with Crippen LogP contribution in [0.1, 0.15) is 18.1 Å². The fraction of sp³-hybridized carbons (Fsp3) is 0.167. The quantitative estimate of drug-likeness (QED) is 0.296. The maximum Gasteiger partial charge on any atom is 0.255 e. The highest BCUT2D eigenvalue weighted by molar-refractivity contribution is 9.10. The number of hydrazone groups is 1. The van der Waals surface area contributed by atoms with Crippen LogP contribution in [0.25, 0.3) is 0 Å². The summed E-state index contributed by atoms with van der Waals surface area (Å²) in [6.07, 6.45) is 1.38. The Balaban J connectivity index is 1.75. The topological polar surface area (TPSA) is 108 Å². The molecule has 34 heavy (non-hydrogen) atoms. The van der Waals surface area contributed by atoms with Crippen LogP contribution in [0.3, 0.4) is 0 Å². The number of nitrogens with zero attached hydrogens (tertiary/aromatic N) is 2. The number of benzene rings is 3. The summed E-state index contributed by atoms with van der Waals surface area (Å²) in [6.45, 7) is 1.76. The van der Waals surface area contributed by atoms with Crippen molar-refractivity contribution >= 4 is 38.1 Å². The van der Waals surface area contributed by atoms with Crippen LogP contribution in [0.2, 0.25) is 0 Å². The smallest absolute Gasteiger partial charge is 0.255 e. The Labute approximate surface area is 207 Å². The lowest BCUT2D eigenvalue weighted by molar-refractivity contribution is -0.121. The molecule has 0 saturated heterocycles. The zero-order chi connectivity index (χ0) is 24.6. The average molecular weight is 546 g/mol. The number of amides is 1. The number of carbonyl (C=O) groups is 1. The molecule has 0 bridgehead atoms. The van der Waals surface area contributed by atoms with Gasteiger partial charge in [0.05, 0.1) is 24.3 Å². The highest BCUT2D eigenvalue weighted by Gasteiger charge is 2.26. The highest BCUT2D eigenvalue weighted by Crippen LogP contribution is 2.26. The maximum atomic E-state index is 13.2. The van der Waals surface area contributed by atoms with Gasteiger partial charge in [0.2, 0.25) is 10.0 Å². The zero-order valence-electron chi connectivity index (χ0n) is 18.4. The number of aromatic hydroxyl groups is 1. The number of rotatable bonds is 10. The van der Waals surface area contributed by atoms with Crippen molar-refractivity contribution in [2.24, 2.45) is 5.10 Å². The van der Waals surface area contributed by atoms with Crippen LogP contribution in [0.15, 0.2) is 87.3 Å². The summed E-state index contributed by atoms with van der Waals surface area (Å²) >= 11 is 3.36. The summed E-state index contributed by atoms with van der Waals surface area (Å²) in [5, 5.41) is 13.7. The standard InChI is InChI=1S/C24H24BrN3O5S/c1-2-33-23-14-19(10-13-22(23)29)15-26-27-24(30)17-28(16-18-8-11-20(25)12-9-18)34(31,32)21-6-4-3-5-7-21/h3-15,29H,2,16-17H2,1H3,(H,27,30)/b26-15-. The number of halogens is 1. The van der Waals surface area contributed by atoms with E-state index in [1.165, 1.54) is 24.4 Å². The minimum atomic E-state index is -3.93.